The van der Waals surface area contributed by atoms with E-state index in [1.807, 2.05) is 44.2 Å². The van der Waals surface area contributed by atoms with Crippen LogP contribution in [0.1, 0.15) is 37.9 Å². The van der Waals surface area contributed by atoms with Gasteiger partial charge in [-0.05, 0) is 18.4 Å². The van der Waals surface area contributed by atoms with Crippen molar-refractivity contribution in [2.45, 2.75) is 32.3 Å². The molecule has 0 aliphatic heterocycles. The molecule has 0 aliphatic rings. The number of benzene rings is 1. The molecular weight excluding hydrogens is 283 g/mol. The lowest BCUT2D eigenvalue weighted by molar-refractivity contribution is -0.136. The van der Waals surface area contributed by atoms with E-state index in [1.165, 1.54) is 7.11 Å². The average Bonchev–Trinajstić information content (AvgIpc) is 2.48. The summed E-state index contributed by atoms with van der Waals surface area (Å²) in [5.41, 5.74) is 0.748. The Hall–Kier alpha value is -1.34. The van der Waals surface area contributed by atoms with Crippen molar-refractivity contribution in [3.05, 3.63) is 48.0 Å². The molecule has 0 heterocycles. The number of carbonyl (C=O) groups is 1. The second-order valence-electron chi connectivity index (χ2n) is 5.23. The van der Waals surface area contributed by atoms with Crippen LogP contribution in [0.2, 0.25) is 0 Å². The minimum absolute atomic E-state index is 0.300. The zero-order valence-corrected chi connectivity index (χ0v) is 14.1. The number of hydrogen-bond donors (Lipinski definition) is 0. The van der Waals surface area contributed by atoms with Gasteiger partial charge in [0, 0.05) is 17.9 Å². The van der Waals surface area contributed by atoms with Crippen LogP contribution in [-0.2, 0) is 14.1 Å². The molecule has 0 fully saturated rings. The summed E-state index contributed by atoms with van der Waals surface area (Å²) in [6, 6.07) is 9.53. The number of ether oxygens (including phenoxy) is 1. The molecule has 0 aliphatic carbocycles. The van der Waals surface area contributed by atoms with E-state index in [4.69, 9.17) is 4.74 Å². The molecule has 0 aromatic heterocycles. The maximum atomic E-state index is 13.5. The molecule has 0 saturated heterocycles. The fourth-order valence-corrected chi connectivity index (χ4v) is 6.40. The summed E-state index contributed by atoms with van der Waals surface area (Å²) < 4.78 is 18.3. The molecule has 0 saturated carbocycles. The second-order valence-corrected chi connectivity index (χ2v) is 8.55. The van der Waals surface area contributed by atoms with Crippen LogP contribution in [0.4, 0.5) is 0 Å². The predicted molar refractivity (Wildman–Crippen MR) is 88.3 cm³/mol. The lowest BCUT2D eigenvalue weighted by Crippen LogP contribution is -2.16. The highest BCUT2D eigenvalue weighted by Crippen LogP contribution is 2.62. The first-order valence-electron chi connectivity index (χ1n) is 7.40. The third kappa shape index (κ3) is 4.31. The number of esters is 1. The van der Waals surface area contributed by atoms with E-state index in [2.05, 4.69) is 6.58 Å². The molecule has 21 heavy (non-hydrogen) atoms. The molecule has 1 aromatic carbocycles. The van der Waals surface area contributed by atoms with Crippen LogP contribution in [0.3, 0.4) is 0 Å². The van der Waals surface area contributed by atoms with Crippen LogP contribution in [0.25, 0.3) is 0 Å². The van der Waals surface area contributed by atoms with Crippen molar-refractivity contribution in [2.24, 2.45) is 0 Å². The van der Waals surface area contributed by atoms with Gasteiger partial charge in [0.15, 0.2) is 0 Å². The van der Waals surface area contributed by atoms with Gasteiger partial charge in [-0.2, -0.15) is 0 Å². The van der Waals surface area contributed by atoms with E-state index in [-0.39, 0.29) is 0 Å². The maximum Gasteiger partial charge on any atom is 0.334 e. The van der Waals surface area contributed by atoms with Gasteiger partial charge in [0.1, 0.15) is 0 Å². The van der Waals surface area contributed by atoms with Crippen molar-refractivity contribution in [3.63, 3.8) is 0 Å². The van der Waals surface area contributed by atoms with Crippen molar-refractivity contribution in [1.82, 2.24) is 0 Å². The summed E-state index contributed by atoms with van der Waals surface area (Å²) in [6.07, 6.45) is 2.90. The molecule has 1 aromatic rings. The SMILES string of the molecule is C=C(C(=O)OC)[C@@H](c1ccccc1)P(=O)(CCC)CCC. The van der Waals surface area contributed by atoms with Gasteiger partial charge in [-0.3, -0.25) is 0 Å². The van der Waals surface area contributed by atoms with Gasteiger partial charge in [-0.25, -0.2) is 4.79 Å². The van der Waals surface area contributed by atoms with Gasteiger partial charge >= 0.3 is 5.97 Å². The molecule has 0 amide bonds. The van der Waals surface area contributed by atoms with Crippen LogP contribution in [0.15, 0.2) is 42.5 Å². The van der Waals surface area contributed by atoms with Gasteiger partial charge in [0.2, 0.25) is 0 Å². The molecule has 0 bridgehead atoms. The maximum absolute atomic E-state index is 13.5. The van der Waals surface area contributed by atoms with Crippen LogP contribution < -0.4 is 0 Å². The number of methoxy groups -OCH3 is 1. The zero-order valence-electron chi connectivity index (χ0n) is 13.2. The van der Waals surface area contributed by atoms with E-state index in [1.54, 1.807) is 0 Å². The number of hydrogen-bond acceptors (Lipinski definition) is 3. The summed E-state index contributed by atoms with van der Waals surface area (Å²) >= 11 is 0. The standard InChI is InChI=1S/C17H25O3P/c1-5-12-21(19,13-6-2)16(14(3)17(18)20-4)15-10-8-7-9-11-15/h7-11,16H,3,5-6,12-13H2,1-2,4H3/t16-/m0/s1. The fourth-order valence-electron chi connectivity index (χ4n) is 2.76. The molecule has 3 nitrogen and oxygen atoms in total. The Bertz CT molecular complexity index is 512. The first kappa shape index (κ1) is 17.7. The summed E-state index contributed by atoms with van der Waals surface area (Å²) in [7, 11) is -1.24. The zero-order chi connectivity index (χ0) is 15.9. The third-order valence-corrected chi connectivity index (χ3v) is 7.53. The molecular formula is C17H25O3P. The molecule has 4 heteroatoms. The van der Waals surface area contributed by atoms with Crippen molar-refractivity contribution < 1.29 is 14.1 Å². The summed E-state index contributed by atoms with van der Waals surface area (Å²) in [4.78, 5) is 11.9. The van der Waals surface area contributed by atoms with Crippen molar-refractivity contribution in [1.29, 1.82) is 0 Å². The van der Waals surface area contributed by atoms with Crippen LogP contribution in [-0.4, -0.2) is 25.4 Å². The summed E-state index contributed by atoms with van der Waals surface area (Å²) in [5, 5.41) is 0. The van der Waals surface area contributed by atoms with E-state index in [9.17, 15) is 9.36 Å². The predicted octanol–water partition coefficient (Wildman–Crippen LogP) is 4.64. The quantitative estimate of drug-likeness (QED) is 0.399. The van der Waals surface area contributed by atoms with Crippen molar-refractivity contribution in [3.8, 4) is 0 Å². The van der Waals surface area contributed by atoms with Gasteiger partial charge in [-0.15, -0.1) is 0 Å². The van der Waals surface area contributed by atoms with Crippen molar-refractivity contribution in [2.75, 3.05) is 19.4 Å². The normalized spacial score (nSPS) is 12.7. The summed E-state index contributed by atoms with van der Waals surface area (Å²) in [6.45, 7) is 7.92. The Morgan fingerprint density at radius 3 is 2.14 bits per heavy atom. The fraction of sp³-hybridized carbons (Fsp3) is 0.471. The molecule has 0 radical (unpaired) electrons. The molecule has 0 N–H and O–H groups in total. The topological polar surface area (TPSA) is 43.4 Å². The van der Waals surface area contributed by atoms with Gasteiger partial charge in [0.25, 0.3) is 0 Å². The largest absolute Gasteiger partial charge is 0.466 e. The number of carbonyl (C=O) groups excluding carboxylic acids is 1. The van der Waals surface area contributed by atoms with Crippen LogP contribution in [0.5, 0.6) is 0 Å². The molecule has 116 valence electrons. The Balaban J connectivity index is 3.33. The van der Waals surface area contributed by atoms with Gasteiger partial charge in [-0.1, -0.05) is 50.8 Å². The third-order valence-electron chi connectivity index (χ3n) is 3.57. The van der Waals surface area contributed by atoms with Gasteiger partial charge in [0.05, 0.1) is 19.9 Å². The van der Waals surface area contributed by atoms with Crippen LogP contribution in [0, 0.1) is 0 Å². The Morgan fingerprint density at radius 1 is 1.19 bits per heavy atom. The second kappa shape index (κ2) is 8.19. The minimum atomic E-state index is -2.57. The first-order valence-corrected chi connectivity index (χ1v) is 9.54. The van der Waals surface area contributed by atoms with E-state index < -0.39 is 18.8 Å². The Kier molecular flexibility index (Phi) is 6.91. The van der Waals surface area contributed by atoms with E-state index >= 15 is 0 Å². The number of rotatable bonds is 8. The minimum Gasteiger partial charge on any atom is -0.466 e. The van der Waals surface area contributed by atoms with Crippen molar-refractivity contribution >= 4 is 13.1 Å². The monoisotopic (exact) mass is 308 g/mol. The highest BCUT2D eigenvalue weighted by molar-refractivity contribution is 7.64. The van der Waals surface area contributed by atoms with E-state index in [0.717, 1.165) is 18.4 Å². The molecule has 0 unspecified atom stereocenters. The molecule has 1 rings (SSSR count). The first-order chi connectivity index (χ1) is 10.00. The highest BCUT2D eigenvalue weighted by Gasteiger charge is 2.37. The smallest absolute Gasteiger partial charge is 0.334 e. The molecule has 0 spiro atoms. The Labute approximate surface area is 127 Å². The van der Waals surface area contributed by atoms with E-state index in [0.29, 0.717) is 17.9 Å². The average molecular weight is 308 g/mol. The molecule has 1 atom stereocenters. The highest BCUT2D eigenvalue weighted by atomic mass is 31.2. The van der Waals surface area contributed by atoms with Crippen LogP contribution >= 0.6 is 7.14 Å². The van der Waals surface area contributed by atoms with Gasteiger partial charge < -0.3 is 9.30 Å². The Morgan fingerprint density at radius 2 is 1.71 bits per heavy atom. The summed E-state index contributed by atoms with van der Waals surface area (Å²) in [5.74, 6) is -0.476. The lowest BCUT2D eigenvalue weighted by atomic mass is 10.1. The lowest BCUT2D eigenvalue weighted by Gasteiger charge is -2.28.